The van der Waals surface area contributed by atoms with Crippen LogP contribution in [0.5, 0.6) is 0 Å². The topological polar surface area (TPSA) is 66.4 Å². The van der Waals surface area contributed by atoms with Crippen LogP contribution in [0.15, 0.2) is 29.6 Å². The molecule has 1 aromatic carbocycles. The number of nitrogens with one attached hydrogen (secondary N) is 1. The highest BCUT2D eigenvalue weighted by molar-refractivity contribution is 14.1. The summed E-state index contributed by atoms with van der Waals surface area (Å²) >= 11 is 3.60. The molecule has 2 aromatic rings. The SMILES string of the molecule is Cc1ccc(NC(=O)c2csc(I)c2)c(C(=O)O)c1. The highest BCUT2D eigenvalue weighted by Crippen LogP contribution is 2.21. The maximum Gasteiger partial charge on any atom is 0.337 e. The van der Waals surface area contributed by atoms with E-state index in [1.807, 2.05) is 0 Å². The normalized spacial score (nSPS) is 10.2. The van der Waals surface area contributed by atoms with Crippen LogP contribution in [0.2, 0.25) is 0 Å². The number of carbonyl (C=O) groups excluding carboxylic acids is 1. The van der Waals surface area contributed by atoms with E-state index in [0.717, 1.165) is 8.45 Å². The van der Waals surface area contributed by atoms with Gasteiger partial charge in [-0.25, -0.2) is 4.79 Å². The lowest BCUT2D eigenvalue weighted by molar-refractivity contribution is 0.0698. The number of aryl methyl sites for hydroxylation is 1. The number of benzene rings is 1. The van der Waals surface area contributed by atoms with Gasteiger partial charge in [-0.3, -0.25) is 4.79 Å². The summed E-state index contributed by atoms with van der Waals surface area (Å²) in [6.45, 7) is 1.80. The first-order valence-corrected chi connectivity index (χ1v) is 7.32. The third-order valence-corrected chi connectivity index (χ3v) is 4.27. The fraction of sp³-hybridized carbons (Fsp3) is 0.0769. The molecule has 0 unspecified atom stereocenters. The van der Waals surface area contributed by atoms with Crippen molar-refractivity contribution < 1.29 is 14.7 Å². The average Bonchev–Trinajstić information content (AvgIpc) is 2.78. The van der Waals surface area contributed by atoms with Crippen LogP contribution in [0.1, 0.15) is 26.3 Å². The van der Waals surface area contributed by atoms with E-state index in [-0.39, 0.29) is 11.5 Å². The van der Waals surface area contributed by atoms with Crippen molar-refractivity contribution in [2.75, 3.05) is 5.32 Å². The third-order valence-electron chi connectivity index (χ3n) is 2.48. The monoisotopic (exact) mass is 387 g/mol. The van der Waals surface area contributed by atoms with Gasteiger partial charge in [0.1, 0.15) is 0 Å². The molecule has 1 aromatic heterocycles. The molecular weight excluding hydrogens is 377 g/mol. The van der Waals surface area contributed by atoms with E-state index in [1.165, 1.54) is 17.4 Å². The second-order valence-corrected chi connectivity index (χ2v) is 6.75. The molecule has 0 atom stereocenters. The molecule has 0 bridgehead atoms. The highest BCUT2D eigenvalue weighted by Gasteiger charge is 2.14. The molecule has 0 aliphatic heterocycles. The minimum Gasteiger partial charge on any atom is -0.478 e. The largest absolute Gasteiger partial charge is 0.478 e. The van der Waals surface area contributed by atoms with Crippen molar-refractivity contribution in [3.05, 3.63) is 49.2 Å². The molecule has 2 rings (SSSR count). The predicted molar refractivity (Wildman–Crippen MR) is 83.1 cm³/mol. The van der Waals surface area contributed by atoms with E-state index in [0.29, 0.717) is 11.3 Å². The number of hydrogen-bond acceptors (Lipinski definition) is 3. The van der Waals surface area contributed by atoms with Gasteiger partial charge in [0, 0.05) is 5.38 Å². The molecule has 0 radical (unpaired) electrons. The summed E-state index contributed by atoms with van der Waals surface area (Å²) in [5.41, 5.74) is 1.77. The molecule has 1 amide bonds. The molecule has 1 heterocycles. The van der Waals surface area contributed by atoms with Crippen LogP contribution in [0.25, 0.3) is 0 Å². The highest BCUT2D eigenvalue weighted by atomic mass is 127. The van der Waals surface area contributed by atoms with Gasteiger partial charge in [-0.2, -0.15) is 0 Å². The minimum absolute atomic E-state index is 0.0956. The number of thiophene rings is 1. The Balaban J connectivity index is 2.28. The number of halogens is 1. The second-order valence-electron chi connectivity index (χ2n) is 3.95. The Morgan fingerprint density at radius 2 is 2.05 bits per heavy atom. The molecule has 0 aliphatic rings. The quantitative estimate of drug-likeness (QED) is 0.791. The van der Waals surface area contributed by atoms with Crippen molar-refractivity contribution in [2.24, 2.45) is 0 Å². The summed E-state index contributed by atoms with van der Waals surface area (Å²) < 4.78 is 1.00. The molecule has 19 heavy (non-hydrogen) atoms. The number of anilines is 1. The minimum atomic E-state index is -1.06. The fourth-order valence-electron chi connectivity index (χ4n) is 1.57. The first kappa shape index (κ1) is 14.0. The van der Waals surface area contributed by atoms with Crippen LogP contribution in [0.4, 0.5) is 5.69 Å². The number of amides is 1. The molecule has 4 nitrogen and oxygen atoms in total. The summed E-state index contributed by atoms with van der Waals surface area (Å²) in [6, 6.07) is 6.66. The van der Waals surface area contributed by atoms with Gasteiger partial charge in [0.25, 0.3) is 5.91 Å². The number of carboxylic acid groups (broad SMARTS) is 1. The molecule has 0 aliphatic carbocycles. The van der Waals surface area contributed by atoms with Crippen LogP contribution in [-0.2, 0) is 0 Å². The summed E-state index contributed by atoms with van der Waals surface area (Å²) in [6.07, 6.45) is 0. The first-order valence-electron chi connectivity index (χ1n) is 5.36. The van der Waals surface area contributed by atoms with Crippen molar-refractivity contribution in [2.45, 2.75) is 6.92 Å². The Hall–Kier alpha value is -1.41. The van der Waals surface area contributed by atoms with E-state index in [2.05, 4.69) is 27.9 Å². The Bertz CT molecular complexity index is 651. The maximum atomic E-state index is 12.0. The molecule has 0 saturated heterocycles. The van der Waals surface area contributed by atoms with E-state index in [1.54, 1.807) is 30.5 Å². The number of rotatable bonds is 3. The van der Waals surface area contributed by atoms with E-state index in [4.69, 9.17) is 5.11 Å². The zero-order valence-electron chi connectivity index (χ0n) is 9.94. The first-order chi connectivity index (χ1) is 8.97. The van der Waals surface area contributed by atoms with Crippen molar-refractivity contribution in [1.82, 2.24) is 0 Å². The molecule has 0 fully saturated rings. The van der Waals surface area contributed by atoms with Gasteiger partial charge < -0.3 is 10.4 Å². The van der Waals surface area contributed by atoms with Crippen molar-refractivity contribution in [3.8, 4) is 0 Å². The lowest BCUT2D eigenvalue weighted by Gasteiger charge is -2.08. The van der Waals surface area contributed by atoms with Crippen LogP contribution in [0.3, 0.4) is 0 Å². The summed E-state index contributed by atoms with van der Waals surface area (Å²) in [4.78, 5) is 23.1. The molecule has 98 valence electrons. The molecule has 2 N–H and O–H groups in total. The zero-order valence-corrected chi connectivity index (χ0v) is 12.9. The third kappa shape index (κ3) is 3.32. The standard InChI is InChI=1S/C13H10INO3S/c1-7-2-3-10(9(4-7)13(17)18)15-12(16)8-5-11(14)19-6-8/h2-6H,1H3,(H,15,16)(H,17,18). The lowest BCUT2D eigenvalue weighted by atomic mass is 10.1. The molecular formula is C13H10INO3S. The van der Waals surface area contributed by atoms with Crippen LogP contribution in [0, 0.1) is 9.81 Å². The van der Waals surface area contributed by atoms with Gasteiger partial charge >= 0.3 is 5.97 Å². The fourth-order valence-corrected chi connectivity index (χ4v) is 2.89. The Morgan fingerprint density at radius 3 is 2.63 bits per heavy atom. The Labute approximate surface area is 127 Å². The number of aromatic carboxylic acids is 1. The predicted octanol–water partition coefficient (Wildman–Crippen LogP) is 3.61. The number of carbonyl (C=O) groups is 2. The van der Waals surface area contributed by atoms with Crippen LogP contribution in [-0.4, -0.2) is 17.0 Å². The van der Waals surface area contributed by atoms with Crippen LogP contribution >= 0.6 is 33.9 Å². The lowest BCUT2D eigenvalue weighted by Crippen LogP contribution is -2.14. The van der Waals surface area contributed by atoms with Gasteiger partial charge in [-0.15, -0.1) is 11.3 Å². The summed E-state index contributed by atoms with van der Waals surface area (Å²) in [5, 5.41) is 13.5. The summed E-state index contributed by atoms with van der Waals surface area (Å²) in [5.74, 6) is -1.36. The van der Waals surface area contributed by atoms with Gasteiger partial charge in [-0.1, -0.05) is 11.6 Å². The second kappa shape index (κ2) is 5.70. The summed E-state index contributed by atoms with van der Waals surface area (Å²) in [7, 11) is 0. The molecule has 6 heteroatoms. The number of carboxylic acids is 1. The van der Waals surface area contributed by atoms with Gasteiger partial charge in [-0.05, 0) is 47.7 Å². The van der Waals surface area contributed by atoms with Gasteiger partial charge in [0.2, 0.25) is 0 Å². The van der Waals surface area contributed by atoms with Gasteiger partial charge in [0.15, 0.2) is 0 Å². The van der Waals surface area contributed by atoms with E-state index >= 15 is 0 Å². The Morgan fingerprint density at radius 1 is 1.32 bits per heavy atom. The van der Waals surface area contributed by atoms with Crippen molar-refractivity contribution in [1.29, 1.82) is 0 Å². The van der Waals surface area contributed by atoms with Crippen molar-refractivity contribution >= 4 is 51.5 Å². The molecule has 0 saturated carbocycles. The van der Waals surface area contributed by atoms with Gasteiger partial charge in [0.05, 0.1) is 19.7 Å². The molecule has 0 spiro atoms. The van der Waals surface area contributed by atoms with Crippen molar-refractivity contribution in [3.63, 3.8) is 0 Å². The zero-order chi connectivity index (χ0) is 14.0. The van der Waals surface area contributed by atoms with E-state index in [9.17, 15) is 9.59 Å². The number of hydrogen-bond donors (Lipinski definition) is 2. The smallest absolute Gasteiger partial charge is 0.337 e. The maximum absolute atomic E-state index is 12.0. The van der Waals surface area contributed by atoms with Crippen LogP contribution < -0.4 is 5.32 Å². The van der Waals surface area contributed by atoms with E-state index < -0.39 is 5.97 Å². The Kier molecular flexibility index (Phi) is 4.20. The average molecular weight is 387 g/mol.